The second kappa shape index (κ2) is 8.13. The molecule has 9 nitrogen and oxygen atoms in total. The van der Waals surface area contributed by atoms with Gasteiger partial charge in [-0.15, -0.1) is 0 Å². The third-order valence-corrected chi connectivity index (χ3v) is 7.10. The van der Waals surface area contributed by atoms with E-state index in [1.807, 2.05) is 11.8 Å². The van der Waals surface area contributed by atoms with Crippen LogP contribution < -0.4 is 5.32 Å². The highest BCUT2D eigenvalue weighted by Gasteiger charge is 2.30. The number of pyridine rings is 1. The first-order valence-electron chi connectivity index (χ1n) is 9.64. The third kappa shape index (κ3) is 4.07. The zero-order valence-electron chi connectivity index (χ0n) is 16.8. The van der Waals surface area contributed by atoms with Gasteiger partial charge in [0.2, 0.25) is 15.9 Å². The lowest BCUT2D eigenvalue weighted by molar-refractivity contribution is -0.117. The smallest absolute Gasteiger partial charge is 0.243 e. The van der Waals surface area contributed by atoms with Gasteiger partial charge < -0.3 is 9.84 Å². The van der Waals surface area contributed by atoms with Crippen LogP contribution in [0.1, 0.15) is 11.3 Å². The Labute approximate surface area is 174 Å². The number of fused-ring (bicyclic) bond motifs is 1. The molecular weight excluding hydrogens is 406 g/mol. The number of nitrogens with zero attached hydrogens (tertiary/aromatic N) is 4. The van der Waals surface area contributed by atoms with Gasteiger partial charge in [0, 0.05) is 43.8 Å². The van der Waals surface area contributed by atoms with Gasteiger partial charge in [-0.25, -0.2) is 8.42 Å². The molecule has 0 unspecified atom stereocenters. The second-order valence-electron chi connectivity index (χ2n) is 7.33. The van der Waals surface area contributed by atoms with Gasteiger partial charge in [0.1, 0.15) is 5.76 Å². The molecule has 0 radical (unpaired) electrons. The maximum absolute atomic E-state index is 13.3. The highest BCUT2D eigenvalue weighted by Crippen LogP contribution is 2.27. The predicted octanol–water partition coefficient (Wildman–Crippen LogP) is 1.78. The van der Waals surface area contributed by atoms with Crippen molar-refractivity contribution in [2.45, 2.75) is 18.7 Å². The molecule has 1 N–H and O–H groups in total. The normalized spacial score (nSPS) is 16.1. The minimum Gasteiger partial charge on any atom is -0.360 e. The lowest BCUT2D eigenvalue weighted by Crippen LogP contribution is -2.50. The minimum atomic E-state index is -3.66. The first kappa shape index (κ1) is 20.5. The number of benzene rings is 1. The number of hydrogen-bond donors (Lipinski definition) is 1. The van der Waals surface area contributed by atoms with Crippen LogP contribution in [0.4, 0.5) is 5.82 Å². The van der Waals surface area contributed by atoms with Crippen molar-refractivity contribution in [1.29, 1.82) is 0 Å². The predicted molar refractivity (Wildman–Crippen MR) is 112 cm³/mol. The molecule has 10 heteroatoms. The Bertz CT molecular complexity index is 1180. The van der Waals surface area contributed by atoms with E-state index in [-0.39, 0.29) is 17.3 Å². The van der Waals surface area contributed by atoms with E-state index in [4.69, 9.17) is 4.52 Å². The number of piperazine rings is 1. The van der Waals surface area contributed by atoms with Gasteiger partial charge in [-0.05, 0) is 37.6 Å². The Morgan fingerprint density at radius 1 is 1.17 bits per heavy atom. The summed E-state index contributed by atoms with van der Waals surface area (Å²) in [6.45, 7) is 5.38. The fourth-order valence-electron chi connectivity index (χ4n) is 3.59. The minimum absolute atomic E-state index is 0.164. The number of amides is 1. The molecule has 1 aliphatic rings. The van der Waals surface area contributed by atoms with Crippen LogP contribution in [0.3, 0.4) is 0 Å². The standard InChI is InChI=1S/C20H23N5O4S/c1-14-5-6-17(16-4-3-7-21-20(14)16)30(27,28)25-10-8-24(9-11-25)13-19(26)22-18-12-15(2)29-23-18/h3-7,12H,8-11,13H2,1-2H3,(H,22,23,26). The van der Waals surface area contributed by atoms with Crippen molar-refractivity contribution >= 4 is 32.7 Å². The van der Waals surface area contributed by atoms with E-state index < -0.39 is 10.0 Å². The molecule has 0 bridgehead atoms. The van der Waals surface area contributed by atoms with Crippen LogP contribution in [0.15, 0.2) is 45.9 Å². The molecule has 1 saturated heterocycles. The summed E-state index contributed by atoms with van der Waals surface area (Å²) in [6, 6.07) is 8.61. The molecule has 1 fully saturated rings. The van der Waals surface area contributed by atoms with E-state index in [0.29, 0.717) is 48.7 Å². The number of nitrogens with one attached hydrogen (secondary N) is 1. The molecule has 1 aromatic carbocycles. The number of carbonyl (C=O) groups excluding carboxylic acids is 1. The lowest BCUT2D eigenvalue weighted by atomic mass is 10.1. The molecule has 0 atom stereocenters. The van der Waals surface area contributed by atoms with Gasteiger partial charge in [-0.2, -0.15) is 4.31 Å². The van der Waals surface area contributed by atoms with Crippen LogP contribution in [0.5, 0.6) is 0 Å². The molecule has 1 aliphatic heterocycles. The molecule has 4 rings (SSSR count). The van der Waals surface area contributed by atoms with Gasteiger partial charge >= 0.3 is 0 Å². The Balaban J connectivity index is 1.42. The van der Waals surface area contributed by atoms with E-state index >= 15 is 0 Å². The molecule has 0 spiro atoms. The third-order valence-electron chi connectivity index (χ3n) is 5.14. The molecule has 158 valence electrons. The molecule has 0 saturated carbocycles. The van der Waals surface area contributed by atoms with Crippen LogP contribution >= 0.6 is 0 Å². The van der Waals surface area contributed by atoms with Gasteiger partial charge in [0.25, 0.3) is 0 Å². The fraction of sp³-hybridized carbons (Fsp3) is 0.350. The first-order chi connectivity index (χ1) is 14.3. The maximum atomic E-state index is 13.3. The summed E-state index contributed by atoms with van der Waals surface area (Å²) in [7, 11) is -3.66. The van der Waals surface area contributed by atoms with Crippen molar-refractivity contribution in [2.75, 3.05) is 38.0 Å². The van der Waals surface area contributed by atoms with Crippen LogP contribution in [-0.2, 0) is 14.8 Å². The summed E-state index contributed by atoms with van der Waals surface area (Å²) in [6.07, 6.45) is 1.66. The Hall–Kier alpha value is -2.82. The number of anilines is 1. The van der Waals surface area contributed by atoms with E-state index in [2.05, 4.69) is 15.5 Å². The number of rotatable bonds is 5. The Morgan fingerprint density at radius 3 is 2.63 bits per heavy atom. The van der Waals surface area contributed by atoms with Crippen molar-refractivity contribution < 1.29 is 17.7 Å². The molecule has 3 heterocycles. The highest BCUT2D eigenvalue weighted by atomic mass is 32.2. The van der Waals surface area contributed by atoms with Gasteiger partial charge in [-0.3, -0.25) is 14.7 Å². The second-order valence-corrected chi connectivity index (χ2v) is 9.24. The van der Waals surface area contributed by atoms with Gasteiger partial charge in [0.15, 0.2) is 5.82 Å². The van der Waals surface area contributed by atoms with E-state index in [1.165, 1.54) is 4.31 Å². The summed E-state index contributed by atoms with van der Waals surface area (Å²) in [4.78, 5) is 18.7. The summed E-state index contributed by atoms with van der Waals surface area (Å²) in [5, 5.41) is 7.05. The number of hydrogen-bond acceptors (Lipinski definition) is 7. The molecule has 30 heavy (non-hydrogen) atoms. The molecule has 1 amide bonds. The summed E-state index contributed by atoms with van der Waals surface area (Å²) in [5.74, 6) is 0.775. The van der Waals surface area contributed by atoms with Crippen molar-refractivity contribution in [1.82, 2.24) is 19.3 Å². The van der Waals surface area contributed by atoms with Crippen LogP contribution in [0, 0.1) is 13.8 Å². The van der Waals surface area contributed by atoms with E-state index in [9.17, 15) is 13.2 Å². The fourth-order valence-corrected chi connectivity index (χ4v) is 5.20. The average Bonchev–Trinajstić information content (AvgIpc) is 3.13. The molecule has 0 aliphatic carbocycles. The monoisotopic (exact) mass is 429 g/mol. The van der Waals surface area contributed by atoms with Crippen molar-refractivity contribution in [3.8, 4) is 0 Å². The number of carbonyl (C=O) groups is 1. The average molecular weight is 430 g/mol. The molecular formula is C20H23N5O4S. The van der Waals surface area contributed by atoms with E-state index in [1.54, 1.807) is 43.5 Å². The SMILES string of the molecule is Cc1cc(NC(=O)CN2CCN(S(=O)(=O)c3ccc(C)c4ncccc34)CC2)no1. The zero-order valence-corrected chi connectivity index (χ0v) is 17.6. The molecule has 3 aromatic rings. The van der Waals surface area contributed by atoms with E-state index in [0.717, 1.165) is 5.56 Å². The summed E-state index contributed by atoms with van der Waals surface area (Å²) < 4.78 is 32.9. The quantitative estimate of drug-likeness (QED) is 0.658. The van der Waals surface area contributed by atoms with Crippen molar-refractivity contribution in [3.63, 3.8) is 0 Å². The zero-order chi connectivity index (χ0) is 21.3. The van der Waals surface area contributed by atoms with Crippen LogP contribution in [0.2, 0.25) is 0 Å². The topological polar surface area (TPSA) is 109 Å². The van der Waals surface area contributed by atoms with Gasteiger partial charge in [0.05, 0.1) is 17.0 Å². The van der Waals surface area contributed by atoms with Crippen molar-refractivity contribution in [3.05, 3.63) is 47.9 Å². The van der Waals surface area contributed by atoms with Crippen LogP contribution in [0.25, 0.3) is 10.9 Å². The molecule has 2 aromatic heterocycles. The number of aromatic nitrogens is 2. The number of sulfonamides is 1. The summed E-state index contributed by atoms with van der Waals surface area (Å²) >= 11 is 0. The lowest BCUT2D eigenvalue weighted by Gasteiger charge is -2.33. The van der Waals surface area contributed by atoms with Crippen molar-refractivity contribution in [2.24, 2.45) is 0 Å². The highest BCUT2D eigenvalue weighted by molar-refractivity contribution is 7.89. The maximum Gasteiger partial charge on any atom is 0.243 e. The van der Waals surface area contributed by atoms with Crippen LogP contribution in [-0.4, -0.2) is 66.4 Å². The first-order valence-corrected chi connectivity index (χ1v) is 11.1. The largest absolute Gasteiger partial charge is 0.360 e. The number of aryl methyl sites for hydroxylation is 2. The van der Waals surface area contributed by atoms with Gasteiger partial charge in [-0.1, -0.05) is 11.2 Å². The summed E-state index contributed by atoms with van der Waals surface area (Å²) in [5.41, 5.74) is 1.62. The Morgan fingerprint density at radius 2 is 1.93 bits per heavy atom. The Kier molecular flexibility index (Phi) is 5.54.